The van der Waals surface area contributed by atoms with Crippen LogP contribution in [0.1, 0.15) is 23.2 Å². The maximum atomic E-state index is 12.5. The zero-order chi connectivity index (χ0) is 22.5. The van der Waals surface area contributed by atoms with Crippen molar-refractivity contribution in [2.45, 2.75) is 12.8 Å². The van der Waals surface area contributed by atoms with Crippen LogP contribution in [0, 0.1) is 5.92 Å². The lowest BCUT2D eigenvalue weighted by Gasteiger charge is -2.34. The van der Waals surface area contributed by atoms with Gasteiger partial charge in [-0.3, -0.25) is 19.3 Å². The summed E-state index contributed by atoms with van der Waals surface area (Å²) in [6, 6.07) is 14.0. The highest BCUT2D eigenvalue weighted by atomic mass is 16.5. The topological polar surface area (TPSA) is 91.0 Å². The lowest BCUT2D eigenvalue weighted by atomic mass is 10.2. The normalized spacial score (nSPS) is 16.3. The number of nitrogens with one attached hydrogen (secondary N) is 2. The largest absolute Gasteiger partial charge is 0.495 e. The third-order valence-corrected chi connectivity index (χ3v) is 5.76. The molecule has 8 heteroatoms. The summed E-state index contributed by atoms with van der Waals surface area (Å²) < 4.78 is 5.25. The van der Waals surface area contributed by atoms with Gasteiger partial charge >= 0.3 is 0 Å². The van der Waals surface area contributed by atoms with Crippen LogP contribution in [0.4, 0.5) is 11.4 Å². The number of hydrogen-bond donors (Lipinski definition) is 2. The van der Waals surface area contributed by atoms with Gasteiger partial charge in [-0.25, -0.2) is 0 Å². The molecular formula is C24H28N4O4. The number of para-hydroxylation sites is 2. The smallest absolute Gasteiger partial charge is 0.255 e. The Morgan fingerprint density at radius 1 is 0.938 bits per heavy atom. The molecule has 1 saturated carbocycles. The minimum absolute atomic E-state index is 0.113. The molecule has 2 aromatic carbocycles. The Kier molecular flexibility index (Phi) is 6.70. The molecule has 1 aliphatic carbocycles. The number of rotatable bonds is 7. The van der Waals surface area contributed by atoms with Crippen molar-refractivity contribution in [2.24, 2.45) is 5.92 Å². The second-order valence-electron chi connectivity index (χ2n) is 8.16. The van der Waals surface area contributed by atoms with E-state index in [0.717, 1.165) is 12.8 Å². The fourth-order valence-electron chi connectivity index (χ4n) is 3.77. The first kappa shape index (κ1) is 21.8. The molecule has 0 radical (unpaired) electrons. The van der Waals surface area contributed by atoms with Crippen molar-refractivity contribution >= 4 is 29.1 Å². The summed E-state index contributed by atoms with van der Waals surface area (Å²) in [6.07, 6.45) is 2.03. The highest BCUT2D eigenvalue weighted by Crippen LogP contribution is 2.31. The molecule has 32 heavy (non-hydrogen) atoms. The number of hydrogen-bond acceptors (Lipinski definition) is 5. The van der Waals surface area contributed by atoms with E-state index in [1.165, 1.54) is 0 Å². The highest BCUT2D eigenvalue weighted by molar-refractivity contribution is 6.05. The monoisotopic (exact) mass is 436 g/mol. The zero-order valence-corrected chi connectivity index (χ0v) is 18.2. The van der Waals surface area contributed by atoms with Crippen LogP contribution in [-0.4, -0.2) is 67.4 Å². The number of amides is 3. The van der Waals surface area contributed by atoms with Crippen LogP contribution >= 0.6 is 0 Å². The van der Waals surface area contributed by atoms with Crippen LogP contribution in [0.15, 0.2) is 48.5 Å². The van der Waals surface area contributed by atoms with Gasteiger partial charge < -0.3 is 20.3 Å². The molecule has 8 nitrogen and oxygen atoms in total. The van der Waals surface area contributed by atoms with Gasteiger partial charge in [0.05, 0.1) is 19.3 Å². The first-order valence-electron chi connectivity index (χ1n) is 10.9. The minimum Gasteiger partial charge on any atom is -0.495 e. The van der Waals surface area contributed by atoms with E-state index in [1.807, 2.05) is 17.0 Å². The molecule has 0 aromatic heterocycles. The fraction of sp³-hybridized carbons (Fsp3) is 0.375. The summed E-state index contributed by atoms with van der Waals surface area (Å²) in [4.78, 5) is 41.0. The van der Waals surface area contributed by atoms with E-state index in [-0.39, 0.29) is 30.2 Å². The Labute approximate surface area is 187 Å². The molecule has 2 fully saturated rings. The SMILES string of the molecule is COc1ccccc1NC(=O)c1ccc(NC(=O)CN2CCN(C(=O)C3CC3)CC2)cc1. The molecule has 1 saturated heterocycles. The van der Waals surface area contributed by atoms with Crippen LogP contribution in [0.3, 0.4) is 0 Å². The summed E-state index contributed by atoms with van der Waals surface area (Å²) >= 11 is 0. The Bertz CT molecular complexity index is 980. The van der Waals surface area contributed by atoms with Crippen molar-refractivity contribution in [1.82, 2.24) is 9.80 Å². The Morgan fingerprint density at radius 3 is 2.28 bits per heavy atom. The molecule has 1 aliphatic heterocycles. The van der Waals surface area contributed by atoms with Gasteiger partial charge in [0, 0.05) is 43.3 Å². The zero-order valence-electron chi connectivity index (χ0n) is 18.2. The predicted octanol–water partition coefficient (Wildman–Crippen LogP) is 2.44. The molecule has 168 valence electrons. The van der Waals surface area contributed by atoms with E-state index in [0.29, 0.717) is 48.9 Å². The summed E-state index contributed by atoms with van der Waals surface area (Å²) in [7, 11) is 1.55. The van der Waals surface area contributed by atoms with Gasteiger partial charge in [-0.1, -0.05) is 12.1 Å². The lowest BCUT2D eigenvalue weighted by molar-refractivity contribution is -0.134. The van der Waals surface area contributed by atoms with E-state index in [9.17, 15) is 14.4 Å². The second-order valence-corrected chi connectivity index (χ2v) is 8.16. The number of benzene rings is 2. The molecule has 1 heterocycles. The van der Waals surface area contributed by atoms with Crippen molar-refractivity contribution in [3.05, 3.63) is 54.1 Å². The lowest BCUT2D eigenvalue weighted by Crippen LogP contribution is -2.50. The average Bonchev–Trinajstić information content (AvgIpc) is 3.65. The number of ether oxygens (including phenoxy) is 1. The number of carbonyl (C=O) groups excluding carboxylic acids is 3. The quantitative estimate of drug-likeness (QED) is 0.696. The molecule has 0 atom stereocenters. The van der Waals surface area contributed by atoms with Crippen LogP contribution in [0.25, 0.3) is 0 Å². The second kappa shape index (κ2) is 9.82. The van der Waals surface area contributed by atoms with Crippen LogP contribution in [-0.2, 0) is 9.59 Å². The van der Waals surface area contributed by atoms with E-state index >= 15 is 0 Å². The van der Waals surface area contributed by atoms with Gasteiger partial charge in [0.1, 0.15) is 5.75 Å². The third-order valence-electron chi connectivity index (χ3n) is 5.76. The number of anilines is 2. The summed E-state index contributed by atoms with van der Waals surface area (Å²) in [6.45, 7) is 3.04. The summed E-state index contributed by atoms with van der Waals surface area (Å²) in [5, 5.41) is 5.70. The van der Waals surface area contributed by atoms with Gasteiger partial charge in [0.2, 0.25) is 11.8 Å². The van der Waals surface area contributed by atoms with E-state index in [2.05, 4.69) is 15.5 Å². The van der Waals surface area contributed by atoms with Gasteiger partial charge in [-0.15, -0.1) is 0 Å². The van der Waals surface area contributed by atoms with Gasteiger partial charge in [0.25, 0.3) is 5.91 Å². The maximum Gasteiger partial charge on any atom is 0.255 e. The number of nitrogens with zero attached hydrogens (tertiary/aromatic N) is 2. The summed E-state index contributed by atoms with van der Waals surface area (Å²) in [5.41, 5.74) is 1.70. The van der Waals surface area contributed by atoms with Crippen LogP contribution in [0.2, 0.25) is 0 Å². The molecule has 4 rings (SSSR count). The van der Waals surface area contributed by atoms with Crippen molar-refractivity contribution in [3.63, 3.8) is 0 Å². The molecule has 0 unspecified atom stereocenters. The first-order chi connectivity index (χ1) is 15.5. The molecule has 0 spiro atoms. The predicted molar refractivity (Wildman–Crippen MR) is 122 cm³/mol. The van der Waals surface area contributed by atoms with Crippen molar-refractivity contribution < 1.29 is 19.1 Å². The highest BCUT2D eigenvalue weighted by Gasteiger charge is 2.34. The van der Waals surface area contributed by atoms with Gasteiger partial charge in [-0.2, -0.15) is 0 Å². The fourth-order valence-corrected chi connectivity index (χ4v) is 3.77. The van der Waals surface area contributed by atoms with Crippen molar-refractivity contribution in [3.8, 4) is 5.75 Å². The molecular weight excluding hydrogens is 408 g/mol. The van der Waals surface area contributed by atoms with E-state index in [1.54, 1.807) is 43.5 Å². The van der Waals surface area contributed by atoms with Crippen molar-refractivity contribution in [2.75, 3.05) is 50.5 Å². The van der Waals surface area contributed by atoms with Gasteiger partial charge in [-0.05, 0) is 49.2 Å². The van der Waals surface area contributed by atoms with Crippen molar-refractivity contribution in [1.29, 1.82) is 0 Å². The standard InChI is InChI=1S/C24H28N4O4/c1-32-21-5-3-2-4-20(21)26-23(30)17-8-10-19(11-9-17)25-22(29)16-27-12-14-28(15-13-27)24(31)18-6-7-18/h2-5,8-11,18H,6-7,12-16H2,1H3,(H,25,29)(H,26,30). The van der Waals surface area contributed by atoms with Crippen LogP contribution < -0.4 is 15.4 Å². The number of methoxy groups -OCH3 is 1. The maximum absolute atomic E-state index is 12.5. The molecule has 2 aliphatic rings. The number of piperazine rings is 1. The van der Waals surface area contributed by atoms with Crippen LogP contribution in [0.5, 0.6) is 5.75 Å². The first-order valence-corrected chi connectivity index (χ1v) is 10.9. The number of carbonyl (C=O) groups is 3. The third kappa shape index (κ3) is 5.45. The van der Waals surface area contributed by atoms with Gasteiger partial charge in [0.15, 0.2) is 0 Å². The molecule has 2 aromatic rings. The average molecular weight is 437 g/mol. The van der Waals surface area contributed by atoms with E-state index < -0.39 is 0 Å². The molecule has 3 amide bonds. The van der Waals surface area contributed by atoms with E-state index in [4.69, 9.17) is 4.74 Å². The summed E-state index contributed by atoms with van der Waals surface area (Å²) in [5.74, 6) is 0.722. The Morgan fingerprint density at radius 2 is 1.62 bits per heavy atom. The minimum atomic E-state index is -0.258. The Balaban J connectivity index is 1.25. The molecule has 2 N–H and O–H groups in total. The Hall–Kier alpha value is -3.39. The molecule has 0 bridgehead atoms.